The van der Waals surface area contributed by atoms with Crippen LogP contribution in [0.15, 0.2) is 59.2 Å². The van der Waals surface area contributed by atoms with Crippen LogP contribution in [0.3, 0.4) is 0 Å². The smallest absolute Gasteiger partial charge is 0.221 e. The number of hydrogen-bond donors (Lipinski definition) is 1. The van der Waals surface area contributed by atoms with Crippen LogP contribution in [0.2, 0.25) is 10.0 Å². The highest BCUT2D eigenvalue weighted by Crippen LogP contribution is 2.40. The van der Waals surface area contributed by atoms with E-state index in [4.69, 9.17) is 32.4 Å². The van der Waals surface area contributed by atoms with Crippen LogP contribution in [0, 0.1) is 0 Å². The van der Waals surface area contributed by atoms with Gasteiger partial charge in [-0.1, -0.05) is 23.2 Å². The van der Waals surface area contributed by atoms with Crippen molar-refractivity contribution in [3.8, 4) is 22.8 Å². The number of ether oxygens (including phenoxy) is 1. The van der Waals surface area contributed by atoms with Gasteiger partial charge in [0.2, 0.25) is 5.91 Å². The zero-order chi connectivity index (χ0) is 17.1. The standard InChI is InChI=1S/C18H13Cl2NO3/c1-11(22)21-13-4-6-14(7-5-13)24-18-15(19)9-12(10-16(18)20)17-3-2-8-23-17/h2-10H,1H3,(H,21,22). The molecule has 0 fully saturated rings. The Kier molecular flexibility index (Phi) is 4.79. The van der Waals surface area contributed by atoms with E-state index in [2.05, 4.69) is 5.32 Å². The van der Waals surface area contributed by atoms with E-state index in [1.165, 1.54) is 6.92 Å². The summed E-state index contributed by atoms with van der Waals surface area (Å²) in [7, 11) is 0. The van der Waals surface area contributed by atoms with Crippen LogP contribution in [0.4, 0.5) is 5.69 Å². The Morgan fingerprint density at radius 3 is 2.29 bits per heavy atom. The first-order chi connectivity index (χ1) is 11.5. The van der Waals surface area contributed by atoms with E-state index in [1.54, 1.807) is 48.7 Å². The molecule has 1 heterocycles. The van der Waals surface area contributed by atoms with Gasteiger partial charge in [0.15, 0.2) is 5.75 Å². The van der Waals surface area contributed by atoms with E-state index in [0.29, 0.717) is 33.0 Å². The summed E-state index contributed by atoms with van der Waals surface area (Å²) in [5.74, 6) is 1.45. The lowest BCUT2D eigenvalue weighted by Crippen LogP contribution is -2.05. The Morgan fingerprint density at radius 1 is 1.08 bits per heavy atom. The average molecular weight is 362 g/mol. The third-order valence-corrected chi connectivity index (χ3v) is 3.76. The fourth-order valence-corrected chi connectivity index (χ4v) is 2.73. The summed E-state index contributed by atoms with van der Waals surface area (Å²) in [5, 5.41) is 3.43. The van der Waals surface area contributed by atoms with Crippen LogP contribution in [0.1, 0.15) is 6.92 Å². The molecule has 0 unspecified atom stereocenters. The molecule has 122 valence electrons. The van der Waals surface area contributed by atoms with E-state index in [-0.39, 0.29) is 5.91 Å². The number of carbonyl (C=O) groups excluding carboxylic acids is 1. The molecule has 2 aromatic carbocycles. The van der Waals surface area contributed by atoms with Crippen molar-refractivity contribution in [2.45, 2.75) is 6.92 Å². The molecule has 3 rings (SSSR count). The molecule has 0 bridgehead atoms. The van der Waals surface area contributed by atoms with Crippen LogP contribution in [0.25, 0.3) is 11.3 Å². The van der Waals surface area contributed by atoms with Crippen LogP contribution < -0.4 is 10.1 Å². The van der Waals surface area contributed by atoms with Gasteiger partial charge >= 0.3 is 0 Å². The molecule has 1 aromatic heterocycles. The first-order valence-corrected chi connectivity index (χ1v) is 7.87. The van der Waals surface area contributed by atoms with Crippen molar-refractivity contribution in [1.29, 1.82) is 0 Å². The van der Waals surface area contributed by atoms with Gasteiger partial charge in [-0.3, -0.25) is 4.79 Å². The van der Waals surface area contributed by atoms with Crippen molar-refractivity contribution in [2.24, 2.45) is 0 Å². The minimum absolute atomic E-state index is 0.136. The normalized spacial score (nSPS) is 10.5. The molecule has 6 heteroatoms. The predicted molar refractivity (Wildman–Crippen MR) is 95.0 cm³/mol. The second-order valence-corrected chi connectivity index (χ2v) is 5.87. The third kappa shape index (κ3) is 3.72. The summed E-state index contributed by atoms with van der Waals surface area (Å²) in [6.07, 6.45) is 1.58. The fourth-order valence-electron chi connectivity index (χ4n) is 2.17. The minimum atomic E-state index is -0.136. The molecule has 0 spiro atoms. The molecule has 0 aliphatic rings. The number of anilines is 1. The maximum absolute atomic E-state index is 11.0. The molecule has 4 nitrogen and oxygen atoms in total. The maximum atomic E-state index is 11.0. The summed E-state index contributed by atoms with van der Waals surface area (Å²) in [6, 6.07) is 14.0. The number of amides is 1. The molecule has 3 aromatic rings. The lowest BCUT2D eigenvalue weighted by atomic mass is 10.1. The largest absolute Gasteiger partial charge is 0.464 e. The van der Waals surface area contributed by atoms with Crippen molar-refractivity contribution in [1.82, 2.24) is 0 Å². The van der Waals surface area contributed by atoms with E-state index >= 15 is 0 Å². The first kappa shape index (κ1) is 16.4. The highest BCUT2D eigenvalue weighted by molar-refractivity contribution is 6.37. The van der Waals surface area contributed by atoms with E-state index in [1.807, 2.05) is 6.07 Å². The van der Waals surface area contributed by atoms with Crippen molar-refractivity contribution in [3.63, 3.8) is 0 Å². The maximum Gasteiger partial charge on any atom is 0.221 e. The van der Waals surface area contributed by atoms with Crippen LogP contribution in [0.5, 0.6) is 11.5 Å². The van der Waals surface area contributed by atoms with Crippen LogP contribution in [-0.4, -0.2) is 5.91 Å². The lowest BCUT2D eigenvalue weighted by Gasteiger charge is -2.11. The highest BCUT2D eigenvalue weighted by Gasteiger charge is 2.13. The molecule has 1 N–H and O–H groups in total. The molecular formula is C18H13Cl2NO3. The average Bonchev–Trinajstić information content (AvgIpc) is 3.06. The Bertz CT molecular complexity index is 835. The monoisotopic (exact) mass is 361 g/mol. The van der Waals surface area contributed by atoms with E-state index < -0.39 is 0 Å². The molecule has 1 amide bonds. The molecule has 24 heavy (non-hydrogen) atoms. The second-order valence-electron chi connectivity index (χ2n) is 5.05. The number of rotatable bonds is 4. The predicted octanol–water partition coefficient (Wildman–Crippen LogP) is 6.00. The van der Waals surface area contributed by atoms with Crippen molar-refractivity contribution >= 4 is 34.8 Å². The minimum Gasteiger partial charge on any atom is -0.464 e. The number of carbonyl (C=O) groups is 1. The van der Waals surface area contributed by atoms with Gasteiger partial charge in [0.25, 0.3) is 0 Å². The van der Waals surface area contributed by atoms with Gasteiger partial charge in [-0.25, -0.2) is 0 Å². The van der Waals surface area contributed by atoms with Crippen LogP contribution >= 0.6 is 23.2 Å². The van der Waals surface area contributed by atoms with Crippen molar-refractivity contribution in [2.75, 3.05) is 5.32 Å². The van der Waals surface area contributed by atoms with Gasteiger partial charge in [-0.2, -0.15) is 0 Å². The molecule has 0 saturated heterocycles. The quantitative estimate of drug-likeness (QED) is 0.619. The molecule has 0 aliphatic heterocycles. The fraction of sp³-hybridized carbons (Fsp3) is 0.0556. The van der Waals surface area contributed by atoms with Gasteiger partial charge in [-0.05, 0) is 48.5 Å². The first-order valence-electron chi connectivity index (χ1n) is 7.11. The number of benzene rings is 2. The Labute approximate surface area is 149 Å². The van der Waals surface area contributed by atoms with Gasteiger partial charge in [0.05, 0.1) is 16.3 Å². The number of nitrogens with one attached hydrogen (secondary N) is 1. The second kappa shape index (κ2) is 6.99. The topological polar surface area (TPSA) is 51.5 Å². The number of furan rings is 1. The number of hydrogen-bond acceptors (Lipinski definition) is 3. The summed E-state index contributed by atoms with van der Waals surface area (Å²) in [4.78, 5) is 11.0. The summed E-state index contributed by atoms with van der Waals surface area (Å²) >= 11 is 12.6. The zero-order valence-corrected chi connectivity index (χ0v) is 14.2. The van der Waals surface area contributed by atoms with Gasteiger partial charge in [0, 0.05) is 18.2 Å². The lowest BCUT2D eigenvalue weighted by molar-refractivity contribution is -0.114. The summed E-state index contributed by atoms with van der Waals surface area (Å²) in [5.41, 5.74) is 1.45. The van der Waals surface area contributed by atoms with Gasteiger partial charge in [-0.15, -0.1) is 0 Å². The zero-order valence-electron chi connectivity index (χ0n) is 12.7. The van der Waals surface area contributed by atoms with Crippen molar-refractivity contribution < 1.29 is 13.9 Å². The Hall–Kier alpha value is -2.43. The molecule has 0 saturated carbocycles. The van der Waals surface area contributed by atoms with Gasteiger partial charge < -0.3 is 14.5 Å². The summed E-state index contributed by atoms with van der Waals surface area (Å²) < 4.78 is 11.1. The Balaban J connectivity index is 1.83. The SMILES string of the molecule is CC(=O)Nc1ccc(Oc2c(Cl)cc(-c3ccco3)cc2Cl)cc1. The van der Waals surface area contributed by atoms with E-state index in [9.17, 15) is 4.79 Å². The summed E-state index contributed by atoms with van der Waals surface area (Å²) in [6.45, 7) is 1.45. The molecular weight excluding hydrogens is 349 g/mol. The molecule has 0 aliphatic carbocycles. The molecule has 0 atom stereocenters. The Morgan fingerprint density at radius 2 is 1.75 bits per heavy atom. The van der Waals surface area contributed by atoms with E-state index in [0.717, 1.165) is 5.56 Å². The number of halogens is 2. The van der Waals surface area contributed by atoms with Crippen molar-refractivity contribution in [3.05, 3.63) is 64.8 Å². The third-order valence-electron chi connectivity index (χ3n) is 3.20. The van der Waals surface area contributed by atoms with Gasteiger partial charge in [0.1, 0.15) is 11.5 Å². The van der Waals surface area contributed by atoms with Crippen LogP contribution in [-0.2, 0) is 4.79 Å². The highest BCUT2D eigenvalue weighted by atomic mass is 35.5. The molecule has 0 radical (unpaired) electrons.